The molecule has 0 saturated heterocycles. The molecule has 0 aliphatic rings. The Morgan fingerprint density at radius 2 is 1.82 bits per heavy atom. The van der Waals surface area contributed by atoms with Crippen molar-refractivity contribution in [2.75, 3.05) is 0 Å². The first kappa shape index (κ1) is 12.6. The molecular weight excluding hydrogens is 298 g/mol. The Bertz CT molecular complexity index is 499. The molecule has 1 unspecified atom stereocenters. The maximum absolute atomic E-state index is 6.18. The normalized spacial score (nSPS) is 12.4. The summed E-state index contributed by atoms with van der Waals surface area (Å²) in [4.78, 5) is 0. The first-order valence-electron chi connectivity index (χ1n) is 5.41. The van der Waals surface area contributed by atoms with Crippen molar-refractivity contribution >= 4 is 27.5 Å². The second-order valence-electron chi connectivity index (χ2n) is 3.97. The quantitative estimate of drug-likeness (QED) is 0.896. The third-order valence-electron chi connectivity index (χ3n) is 2.67. The average Bonchev–Trinajstić information content (AvgIpc) is 2.34. The molecule has 1 atom stereocenters. The molecule has 0 saturated carbocycles. The van der Waals surface area contributed by atoms with Gasteiger partial charge in [0.25, 0.3) is 0 Å². The summed E-state index contributed by atoms with van der Waals surface area (Å²) < 4.78 is 0.889. The van der Waals surface area contributed by atoms with Gasteiger partial charge in [-0.1, -0.05) is 48.0 Å². The fourth-order valence-electron chi connectivity index (χ4n) is 1.73. The molecule has 2 rings (SSSR count). The monoisotopic (exact) mass is 309 g/mol. The van der Waals surface area contributed by atoms with Crippen LogP contribution in [0, 0.1) is 0 Å². The van der Waals surface area contributed by atoms with Gasteiger partial charge in [0.05, 0.1) is 5.02 Å². The second kappa shape index (κ2) is 5.67. The van der Waals surface area contributed by atoms with Crippen LogP contribution in [0.1, 0.15) is 17.2 Å². The molecule has 0 heterocycles. The molecule has 0 aliphatic carbocycles. The molecule has 2 aromatic rings. The van der Waals surface area contributed by atoms with Crippen molar-refractivity contribution in [1.29, 1.82) is 0 Å². The minimum atomic E-state index is -0.00836. The summed E-state index contributed by atoms with van der Waals surface area (Å²) in [6, 6.07) is 16.1. The highest BCUT2D eigenvalue weighted by Gasteiger charge is 2.08. The van der Waals surface area contributed by atoms with Gasteiger partial charge in [0.2, 0.25) is 0 Å². The van der Waals surface area contributed by atoms with Crippen LogP contribution in [0.5, 0.6) is 0 Å². The molecule has 88 valence electrons. The third kappa shape index (κ3) is 3.32. The molecule has 1 nitrogen and oxygen atoms in total. The summed E-state index contributed by atoms with van der Waals surface area (Å²) in [7, 11) is 0. The van der Waals surface area contributed by atoms with E-state index in [1.165, 1.54) is 5.56 Å². The van der Waals surface area contributed by atoms with E-state index in [0.717, 1.165) is 16.5 Å². The van der Waals surface area contributed by atoms with Gasteiger partial charge in [-0.25, -0.2) is 0 Å². The predicted molar refractivity (Wildman–Crippen MR) is 76.2 cm³/mol. The first-order valence-corrected chi connectivity index (χ1v) is 6.58. The summed E-state index contributed by atoms with van der Waals surface area (Å²) >= 11 is 9.37. The van der Waals surface area contributed by atoms with Gasteiger partial charge in [0.15, 0.2) is 0 Å². The Morgan fingerprint density at radius 1 is 1.12 bits per heavy atom. The van der Waals surface area contributed by atoms with Crippen LogP contribution in [0.2, 0.25) is 5.02 Å². The standard InChI is InChI=1S/C14H13BrClN/c15-12-9-11(6-7-13(12)16)14(17)8-10-4-2-1-3-5-10/h1-7,9,14H,8,17H2. The maximum atomic E-state index is 6.18. The fourth-order valence-corrected chi connectivity index (χ4v) is 2.24. The number of benzene rings is 2. The Balaban J connectivity index is 2.14. The van der Waals surface area contributed by atoms with Crippen LogP contribution in [0.4, 0.5) is 0 Å². The molecule has 0 spiro atoms. The molecule has 0 fully saturated rings. The molecule has 0 radical (unpaired) electrons. The van der Waals surface area contributed by atoms with Gasteiger partial charge >= 0.3 is 0 Å². The van der Waals surface area contributed by atoms with Crippen molar-refractivity contribution in [3.8, 4) is 0 Å². The van der Waals surface area contributed by atoms with Crippen LogP contribution < -0.4 is 5.73 Å². The van der Waals surface area contributed by atoms with Crippen molar-refractivity contribution < 1.29 is 0 Å². The van der Waals surface area contributed by atoms with Crippen LogP contribution in [0.15, 0.2) is 53.0 Å². The van der Waals surface area contributed by atoms with Gasteiger partial charge in [-0.05, 0) is 45.6 Å². The van der Waals surface area contributed by atoms with Gasteiger partial charge in [-0.15, -0.1) is 0 Å². The van der Waals surface area contributed by atoms with E-state index in [1.54, 1.807) is 0 Å². The molecule has 0 aliphatic heterocycles. The van der Waals surface area contributed by atoms with Gasteiger partial charge in [0.1, 0.15) is 0 Å². The van der Waals surface area contributed by atoms with Gasteiger partial charge in [0, 0.05) is 10.5 Å². The lowest BCUT2D eigenvalue weighted by molar-refractivity contribution is 0.721. The molecule has 17 heavy (non-hydrogen) atoms. The van der Waals surface area contributed by atoms with Crippen LogP contribution >= 0.6 is 27.5 Å². The lowest BCUT2D eigenvalue weighted by Crippen LogP contribution is -2.13. The Kier molecular flexibility index (Phi) is 4.21. The lowest BCUT2D eigenvalue weighted by Gasteiger charge is -2.13. The lowest BCUT2D eigenvalue weighted by atomic mass is 10.00. The second-order valence-corrected chi connectivity index (χ2v) is 5.23. The molecule has 0 aromatic heterocycles. The van der Waals surface area contributed by atoms with Crippen molar-refractivity contribution in [3.63, 3.8) is 0 Å². The molecular formula is C14H13BrClN. The van der Waals surface area contributed by atoms with E-state index in [4.69, 9.17) is 17.3 Å². The minimum absolute atomic E-state index is 0.00836. The highest BCUT2D eigenvalue weighted by atomic mass is 79.9. The maximum Gasteiger partial charge on any atom is 0.0548 e. The number of halogens is 2. The smallest absolute Gasteiger partial charge is 0.0548 e. The summed E-state index contributed by atoms with van der Waals surface area (Å²) in [5, 5.41) is 0.709. The largest absolute Gasteiger partial charge is 0.324 e. The number of nitrogens with two attached hydrogens (primary N) is 1. The molecule has 0 amide bonds. The van der Waals surface area contributed by atoms with Crippen LogP contribution in [0.3, 0.4) is 0 Å². The van der Waals surface area contributed by atoms with E-state index in [9.17, 15) is 0 Å². The van der Waals surface area contributed by atoms with Crippen molar-refractivity contribution in [2.45, 2.75) is 12.5 Å². The van der Waals surface area contributed by atoms with E-state index in [-0.39, 0.29) is 6.04 Å². The van der Waals surface area contributed by atoms with E-state index < -0.39 is 0 Å². The van der Waals surface area contributed by atoms with Crippen LogP contribution in [-0.4, -0.2) is 0 Å². The Labute approximate surface area is 115 Å². The van der Waals surface area contributed by atoms with Crippen molar-refractivity contribution in [1.82, 2.24) is 0 Å². The SMILES string of the molecule is NC(Cc1ccccc1)c1ccc(Cl)c(Br)c1. The third-order valence-corrected chi connectivity index (χ3v) is 3.88. The Morgan fingerprint density at radius 3 is 2.47 bits per heavy atom. The summed E-state index contributed by atoms with van der Waals surface area (Å²) in [5.74, 6) is 0. The molecule has 2 aromatic carbocycles. The predicted octanol–water partition coefficient (Wildman–Crippen LogP) is 4.35. The van der Waals surface area contributed by atoms with E-state index in [1.807, 2.05) is 36.4 Å². The van der Waals surface area contributed by atoms with Crippen molar-refractivity contribution in [3.05, 3.63) is 69.2 Å². The highest BCUT2D eigenvalue weighted by molar-refractivity contribution is 9.10. The zero-order chi connectivity index (χ0) is 12.3. The summed E-state index contributed by atoms with van der Waals surface area (Å²) in [6.45, 7) is 0. The first-order chi connectivity index (χ1) is 8.16. The van der Waals surface area contributed by atoms with Crippen LogP contribution in [0.25, 0.3) is 0 Å². The number of hydrogen-bond acceptors (Lipinski definition) is 1. The van der Waals surface area contributed by atoms with Gasteiger partial charge < -0.3 is 5.73 Å². The number of hydrogen-bond donors (Lipinski definition) is 1. The zero-order valence-corrected chi connectivity index (χ0v) is 11.6. The number of rotatable bonds is 3. The molecule has 0 bridgehead atoms. The van der Waals surface area contributed by atoms with Gasteiger partial charge in [-0.2, -0.15) is 0 Å². The zero-order valence-electron chi connectivity index (χ0n) is 9.24. The topological polar surface area (TPSA) is 26.0 Å². The summed E-state index contributed by atoms with van der Waals surface area (Å²) in [6.07, 6.45) is 0.828. The van der Waals surface area contributed by atoms with Gasteiger partial charge in [-0.3, -0.25) is 0 Å². The molecule has 2 N–H and O–H groups in total. The van der Waals surface area contributed by atoms with E-state index in [0.29, 0.717) is 5.02 Å². The molecule has 3 heteroatoms. The minimum Gasteiger partial charge on any atom is -0.324 e. The highest BCUT2D eigenvalue weighted by Crippen LogP contribution is 2.26. The van der Waals surface area contributed by atoms with Crippen molar-refractivity contribution in [2.24, 2.45) is 5.73 Å². The Hall–Kier alpha value is -0.830. The van der Waals surface area contributed by atoms with E-state index >= 15 is 0 Å². The van der Waals surface area contributed by atoms with Crippen LogP contribution in [-0.2, 0) is 6.42 Å². The summed E-state index contributed by atoms with van der Waals surface area (Å²) in [5.41, 5.74) is 8.51. The average molecular weight is 311 g/mol. The van der Waals surface area contributed by atoms with E-state index in [2.05, 4.69) is 28.1 Å². The fraction of sp³-hybridized carbons (Fsp3) is 0.143.